The van der Waals surface area contributed by atoms with E-state index in [0.717, 1.165) is 43.7 Å². The van der Waals surface area contributed by atoms with Crippen LogP contribution in [0.1, 0.15) is 19.0 Å². The summed E-state index contributed by atoms with van der Waals surface area (Å²) < 4.78 is 1.13. The average molecular weight is 361 g/mol. The molecule has 90 valence electrons. The Kier molecular flexibility index (Phi) is 4.09. The Morgan fingerprint density at radius 1 is 1.35 bits per heavy atom. The van der Waals surface area contributed by atoms with Gasteiger partial charge in [-0.2, -0.15) is 0 Å². The molecule has 1 N–H and O–H groups in total. The number of pyridine rings is 1. The number of nitrogens with one attached hydrogen (secondary N) is 1. The summed E-state index contributed by atoms with van der Waals surface area (Å²) in [7, 11) is 1.93. The third-order valence-corrected chi connectivity index (χ3v) is 3.57. The lowest BCUT2D eigenvalue weighted by atomic mass is 10.1. The number of rotatable bonds is 3. The summed E-state index contributed by atoms with van der Waals surface area (Å²) in [5.74, 6) is 0. The Morgan fingerprint density at radius 3 is 2.76 bits per heavy atom. The van der Waals surface area contributed by atoms with Gasteiger partial charge in [0.2, 0.25) is 0 Å². The highest BCUT2D eigenvalue weighted by molar-refractivity contribution is 14.1. The van der Waals surface area contributed by atoms with E-state index in [1.54, 1.807) is 0 Å². The van der Waals surface area contributed by atoms with Crippen molar-refractivity contribution >= 4 is 50.8 Å². The second kappa shape index (κ2) is 5.40. The van der Waals surface area contributed by atoms with Crippen LogP contribution in [0.2, 0.25) is 5.02 Å². The molecular formula is C13H14ClIN2. The molecule has 0 saturated heterocycles. The minimum absolute atomic E-state index is 0.723. The van der Waals surface area contributed by atoms with Crippen molar-refractivity contribution in [2.24, 2.45) is 0 Å². The van der Waals surface area contributed by atoms with Gasteiger partial charge in [0, 0.05) is 27.4 Å². The monoisotopic (exact) mass is 360 g/mol. The average Bonchev–Trinajstić information content (AvgIpc) is 2.29. The maximum atomic E-state index is 6.27. The van der Waals surface area contributed by atoms with E-state index in [4.69, 9.17) is 11.6 Å². The van der Waals surface area contributed by atoms with Crippen molar-refractivity contribution in [3.05, 3.63) is 32.5 Å². The number of hydrogen-bond donors (Lipinski definition) is 1. The Morgan fingerprint density at radius 2 is 2.12 bits per heavy atom. The topological polar surface area (TPSA) is 24.9 Å². The fraction of sp³-hybridized carbons (Fsp3) is 0.308. The van der Waals surface area contributed by atoms with Gasteiger partial charge in [0.25, 0.3) is 0 Å². The molecule has 0 amide bonds. The smallest absolute Gasteiger partial charge is 0.0912 e. The Hall–Kier alpha value is -0.550. The first-order valence-electron chi connectivity index (χ1n) is 5.62. The molecule has 0 unspecified atom stereocenters. The summed E-state index contributed by atoms with van der Waals surface area (Å²) in [6.45, 7) is 2.15. The highest BCUT2D eigenvalue weighted by Gasteiger charge is 2.09. The molecule has 17 heavy (non-hydrogen) atoms. The number of nitrogens with zero attached hydrogens (tertiary/aromatic N) is 1. The van der Waals surface area contributed by atoms with Gasteiger partial charge in [-0.3, -0.25) is 4.98 Å². The molecule has 0 aliphatic carbocycles. The fourth-order valence-electron chi connectivity index (χ4n) is 1.90. The van der Waals surface area contributed by atoms with E-state index >= 15 is 0 Å². The molecule has 0 saturated carbocycles. The molecule has 0 atom stereocenters. The van der Waals surface area contributed by atoms with Crippen molar-refractivity contribution in [1.82, 2.24) is 4.98 Å². The lowest BCUT2D eigenvalue weighted by Crippen LogP contribution is -1.97. The predicted octanol–water partition coefficient (Wildman–Crippen LogP) is 4.49. The Balaban J connectivity index is 2.73. The van der Waals surface area contributed by atoms with Gasteiger partial charge in [0.1, 0.15) is 0 Å². The van der Waals surface area contributed by atoms with Crippen LogP contribution in [-0.2, 0) is 6.42 Å². The van der Waals surface area contributed by atoms with Crippen molar-refractivity contribution < 1.29 is 0 Å². The first kappa shape index (κ1) is 12.9. The molecule has 0 radical (unpaired) electrons. The quantitative estimate of drug-likeness (QED) is 0.816. The summed E-state index contributed by atoms with van der Waals surface area (Å²) >= 11 is 8.54. The van der Waals surface area contributed by atoms with Gasteiger partial charge in [-0.25, -0.2) is 0 Å². The van der Waals surface area contributed by atoms with Crippen LogP contribution in [0.3, 0.4) is 0 Å². The van der Waals surface area contributed by atoms with E-state index in [9.17, 15) is 0 Å². The predicted molar refractivity (Wildman–Crippen MR) is 83.0 cm³/mol. The van der Waals surface area contributed by atoms with Gasteiger partial charge < -0.3 is 5.32 Å². The van der Waals surface area contributed by atoms with E-state index in [1.807, 2.05) is 13.1 Å². The second-order valence-corrected chi connectivity index (χ2v) is 5.60. The van der Waals surface area contributed by atoms with Crippen LogP contribution in [0.4, 0.5) is 5.69 Å². The number of halogens is 2. The van der Waals surface area contributed by atoms with Crippen LogP contribution < -0.4 is 5.32 Å². The first-order chi connectivity index (χ1) is 8.15. The molecule has 2 nitrogen and oxygen atoms in total. The van der Waals surface area contributed by atoms with Crippen LogP contribution in [0.5, 0.6) is 0 Å². The number of anilines is 1. The number of hydrogen-bond acceptors (Lipinski definition) is 2. The van der Waals surface area contributed by atoms with Crippen LogP contribution in [0, 0.1) is 3.57 Å². The Labute approximate surface area is 120 Å². The highest BCUT2D eigenvalue weighted by atomic mass is 127. The SMILES string of the molecule is CCCc1cc(NC)c2cc(I)cc(Cl)c2n1. The molecule has 1 heterocycles. The van der Waals surface area contributed by atoms with Crippen molar-refractivity contribution in [2.75, 3.05) is 12.4 Å². The molecule has 0 aliphatic heterocycles. The molecule has 2 aromatic rings. The third kappa shape index (κ3) is 2.65. The highest BCUT2D eigenvalue weighted by Crippen LogP contribution is 2.30. The molecule has 2 rings (SSSR count). The van der Waals surface area contributed by atoms with Crippen LogP contribution in [-0.4, -0.2) is 12.0 Å². The zero-order valence-electron chi connectivity index (χ0n) is 9.85. The van der Waals surface area contributed by atoms with Crippen molar-refractivity contribution in [3.8, 4) is 0 Å². The minimum Gasteiger partial charge on any atom is -0.388 e. The maximum absolute atomic E-state index is 6.27. The molecule has 1 aromatic carbocycles. The lowest BCUT2D eigenvalue weighted by molar-refractivity contribution is 0.890. The van der Waals surface area contributed by atoms with Gasteiger partial charge in [-0.05, 0) is 47.2 Å². The molecule has 1 aromatic heterocycles. The fourth-order valence-corrected chi connectivity index (χ4v) is 2.96. The van der Waals surface area contributed by atoms with E-state index in [0.29, 0.717) is 0 Å². The van der Waals surface area contributed by atoms with E-state index in [-0.39, 0.29) is 0 Å². The van der Waals surface area contributed by atoms with E-state index < -0.39 is 0 Å². The van der Waals surface area contributed by atoms with E-state index in [1.165, 1.54) is 0 Å². The molecule has 0 bridgehead atoms. The van der Waals surface area contributed by atoms with E-state index in [2.05, 4.69) is 51.9 Å². The van der Waals surface area contributed by atoms with Gasteiger partial charge in [-0.15, -0.1) is 0 Å². The van der Waals surface area contributed by atoms with Gasteiger partial charge in [0.05, 0.1) is 10.5 Å². The molecule has 0 fully saturated rings. The van der Waals surface area contributed by atoms with Crippen molar-refractivity contribution in [2.45, 2.75) is 19.8 Å². The molecule has 0 aliphatic rings. The zero-order chi connectivity index (χ0) is 12.4. The van der Waals surface area contributed by atoms with Crippen molar-refractivity contribution in [3.63, 3.8) is 0 Å². The molecular weight excluding hydrogens is 347 g/mol. The van der Waals surface area contributed by atoms with Crippen LogP contribution in [0.15, 0.2) is 18.2 Å². The largest absolute Gasteiger partial charge is 0.388 e. The van der Waals surface area contributed by atoms with Gasteiger partial charge in [0.15, 0.2) is 0 Å². The second-order valence-electron chi connectivity index (χ2n) is 3.94. The number of aromatic nitrogens is 1. The zero-order valence-corrected chi connectivity index (χ0v) is 12.8. The standard InChI is InChI=1S/C13H14ClIN2/c1-3-4-9-7-12(16-2)10-5-8(15)6-11(14)13(10)17-9/h5-7H,3-4H2,1-2H3,(H,16,17). The summed E-state index contributed by atoms with van der Waals surface area (Å²) in [4.78, 5) is 4.64. The minimum atomic E-state index is 0.723. The summed E-state index contributed by atoms with van der Waals surface area (Å²) in [6.07, 6.45) is 2.07. The number of aryl methyl sites for hydroxylation is 1. The Bertz CT molecular complexity index is 555. The van der Waals surface area contributed by atoms with Gasteiger partial charge >= 0.3 is 0 Å². The molecule has 0 spiro atoms. The van der Waals surface area contributed by atoms with Crippen molar-refractivity contribution in [1.29, 1.82) is 0 Å². The summed E-state index contributed by atoms with van der Waals surface area (Å²) in [5, 5.41) is 5.03. The first-order valence-corrected chi connectivity index (χ1v) is 7.07. The molecule has 4 heteroatoms. The number of fused-ring (bicyclic) bond motifs is 1. The summed E-state index contributed by atoms with van der Waals surface area (Å²) in [5.41, 5.74) is 3.08. The van der Waals surface area contributed by atoms with Gasteiger partial charge in [-0.1, -0.05) is 24.9 Å². The normalized spacial score (nSPS) is 10.8. The number of benzene rings is 1. The summed E-state index contributed by atoms with van der Waals surface area (Å²) in [6, 6.07) is 6.17. The third-order valence-electron chi connectivity index (χ3n) is 2.66. The van der Waals surface area contributed by atoms with Crippen LogP contribution >= 0.6 is 34.2 Å². The maximum Gasteiger partial charge on any atom is 0.0912 e. The lowest BCUT2D eigenvalue weighted by Gasteiger charge is -2.10. The van der Waals surface area contributed by atoms with Crippen LogP contribution in [0.25, 0.3) is 10.9 Å².